The van der Waals surface area contributed by atoms with Crippen molar-refractivity contribution in [2.45, 2.75) is 12.8 Å². The lowest BCUT2D eigenvalue weighted by Crippen LogP contribution is -2.03. The highest BCUT2D eigenvalue weighted by atomic mass is 15.1. The van der Waals surface area contributed by atoms with Crippen LogP contribution in [-0.4, -0.2) is 21.4 Å². The molecule has 2 aliphatic heterocycles. The Morgan fingerprint density at radius 1 is 0.688 bits per heavy atom. The van der Waals surface area contributed by atoms with Crippen LogP contribution in [0.4, 0.5) is 28.7 Å². The van der Waals surface area contributed by atoms with Gasteiger partial charge in [-0.1, -0.05) is 36.4 Å². The van der Waals surface area contributed by atoms with Gasteiger partial charge in [0.15, 0.2) is 0 Å². The van der Waals surface area contributed by atoms with E-state index in [1.165, 1.54) is 11.1 Å². The molecule has 3 N–H and O–H groups in total. The third-order valence-electron chi connectivity index (χ3n) is 5.79. The average molecular weight is 416 g/mol. The molecule has 1 aromatic heterocycles. The van der Waals surface area contributed by atoms with E-state index in [9.17, 15) is 0 Å². The predicted octanol–water partition coefficient (Wildman–Crippen LogP) is 5.16. The summed E-state index contributed by atoms with van der Waals surface area (Å²) in [6.45, 7) is 0. The van der Waals surface area contributed by atoms with Crippen LogP contribution in [0.15, 0.2) is 89.1 Å². The fourth-order valence-electron chi connectivity index (χ4n) is 4.14. The molecule has 0 saturated carbocycles. The molecular weight excluding hydrogens is 396 g/mol. The van der Waals surface area contributed by atoms with Gasteiger partial charge in [0.1, 0.15) is 0 Å². The van der Waals surface area contributed by atoms with Gasteiger partial charge < -0.3 is 11.1 Å². The second-order valence-corrected chi connectivity index (χ2v) is 7.98. The summed E-state index contributed by atoms with van der Waals surface area (Å²) in [6.07, 6.45) is 5.09. The second-order valence-electron chi connectivity index (χ2n) is 7.98. The number of hydrogen-bond acceptors (Lipinski definition) is 6. The largest absolute Gasteiger partial charge is 0.399 e. The molecule has 0 fully saturated rings. The van der Waals surface area contributed by atoms with E-state index in [2.05, 4.69) is 51.7 Å². The van der Waals surface area contributed by atoms with Crippen molar-refractivity contribution in [1.82, 2.24) is 9.97 Å². The number of aliphatic imine (C=N–C) groups is 2. The van der Waals surface area contributed by atoms with Crippen LogP contribution in [0, 0.1) is 0 Å². The highest BCUT2D eigenvalue weighted by Gasteiger charge is 2.19. The number of fused-ring (bicyclic) bond motifs is 2. The Labute approximate surface area is 185 Å². The summed E-state index contributed by atoms with van der Waals surface area (Å²) in [5.41, 5.74) is 16.4. The lowest BCUT2D eigenvalue weighted by atomic mass is 9.99. The van der Waals surface area contributed by atoms with Gasteiger partial charge in [-0.3, -0.25) is 9.98 Å². The van der Waals surface area contributed by atoms with E-state index in [-0.39, 0.29) is 0 Å². The molecule has 2 aliphatic rings. The summed E-state index contributed by atoms with van der Waals surface area (Å²) in [5.74, 6) is 0.574. The van der Waals surface area contributed by atoms with Crippen molar-refractivity contribution in [1.29, 1.82) is 0 Å². The summed E-state index contributed by atoms with van der Waals surface area (Å²) >= 11 is 0. The highest BCUT2D eigenvalue weighted by Crippen LogP contribution is 2.33. The first-order valence-corrected chi connectivity index (χ1v) is 10.5. The van der Waals surface area contributed by atoms with Gasteiger partial charge in [0.2, 0.25) is 5.95 Å². The number of benzene rings is 3. The summed E-state index contributed by atoms with van der Waals surface area (Å²) in [4.78, 5) is 18.1. The maximum absolute atomic E-state index is 5.90. The zero-order valence-corrected chi connectivity index (χ0v) is 17.3. The second kappa shape index (κ2) is 7.42. The molecule has 3 heterocycles. The number of rotatable bonds is 4. The van der Waals surface area contributed by atoms with E-state index in [0.717, 1.165) is 58.1 Å². The summed E-state index contributed by atoms with van der Waals surface area (Å²) in [5, 5.41) is 3.23. The summed E-state index contributed by atoms with van der Waals surface area (Å²) in [6, 6.07) is 22.5. The molecule has 6 rings (SSSR count). The smallest absolute Gasteiger partial charge is 0.227 e. The number of nitrogens with two attached hydrogens (primary N) is 1. The van der Waals surface area contributed by atoms with Crippen LogP contribution in [0.2, 0.25) is 0 Å². The van der Waals surface area contributed by atoms with Crippen LogP contribution in [0.5, 0.6) is 0 Å². The first-order chi connectivity index (χ1) is 15.7. The molecule has 6 nitrogen and oxygen atoms in total. The normalized spacial score (nSPS) is 13.9. The molecule has 0 amide bonds. The van der Waals surface area contributed by atoms with Crippen molar-refractivity contribution in [2.75, 3.05) is 11.1 Å². The van der Waals surface area contributed by atoms with E-state index < -0.39 is 0 Å². The molecule has 0 saturated heterocycles. The predicted molar refractivity (Wildman–Crippen MR) is 129 cm³/mol. The third-order valence-corrected chi connectivity index (χ3v) is 5.79. The maximum atomic E-state index is 5.90. The molecule has 154 valence electrons. The van der Waals surface area contributed by atoms with Gasteiger partial charge in [-0.15, -0.1) is 0 Å². The maximum Gasteiger partial charge on any atom is 0.227 e. The monoisotopic (exact) mass is 416 g/mol. The third kappa shape index (κ3) is 3.41. The number of anilines is 3. The molecule has 0 aliphatic carbocycles. The minimum absolute atomic E-state index is 0.574. The number of hydrogen-bond donors (Lipinski definition) is 2. The molecule has 0 radical (unpaired) electrons. The number of nitrogens with one attached hydrogen (secondary N) is 1. The highest BCUT2D eigenvalue weighted by molar-refractivity contribution is 6.09. The lowest BCUT2D eigenvalue weighted by molar-refractivity contribution is 1.17. The van der Waals surface area contributed by atoms with Crippen molar-refractivity contribution >= 4 is 40.1 Å². The van der Waals surface area contributed by atoms with Gasteiger partial charge in [-0.25, -0.2) is 9.97 Å². The van der Waals surface area contributed by atoms with E-state index in [4.69, 9.17) is 15.7 Å². The van der Waals surface area contributed by atoms with E-state index in [1.54, 1.807) is 18.5 Å². The Morgan fingerprint density at radius 3 is 1.94 bits per heavy atom. The Hall–Kier alpha value is -4.32. The number of aromatic nitrogens is 2. The van der Waals surface area contributed by atoms with Crippen LogP contribution in [-0.2, 0) is 12.8 Å². The Balaban J connectivity index is 1.21. The van der Waals surface area contributed by atoms with Gasteiger partial charge in [-0.05, 0) is 52.6 Å². The average Bonchev–Trinajstić information content (AvgIpc) is 3.43. The van der Waals surface area contributed by atoms with E-state index in [1.807, 2.05) is 24.3 Å². The first-order valence-electron chi connectivity index (χ1n) is 10.5. The molecule has 0 spiro atoms. The molecular formula is C26H20N6. The Morgan fingerprint density at radius 2 is 1.28 bits per heavy atom. The minimum Gasteiger partial charge on any atom is -0.399 e. The van der Waals surface area contributed by atoms with Crippen LogP contribution in [0.1, 0.15) is 22.3 Å². The summed E-state index contributed by atoms with van der Waals surface area (Å²) in [7, 11) is 0. The van der Waals surface area contributed by atoms with Gasteiger partial charge in [0, 0.05) is 36.6 Å². The Bertz CT molecular complexity index is 1390. The van der Waals surface area contributed by atoms with Crippen molar-refractivity contribution in [3.05, 3.63) is 101 Å². The van der Waals surface area contributed by atoms with Crippen molar-refractivity contribution in [3.63, 3.8) is 0 Å². The molecule has 6 heteroatoms. The molecule has 0 unspecified atom stereocenters. The molecule has 4 aromatic rings. The molecule has 32 heavy (non-hydrogen) atoms. The van der Waals surface area contributed by atoms with Gasteiger partial charge >= 0.3 is 0 Å². The van der Waals surface area contributed by atoms with Crippen LogP contribution < -0.4 is 11.1 Å². The fraction of sp³-hybridized carbons (Fsp3) is 0.0769. The topological polar surface area (TPSA) is 88.5 Å². The molecule has 0 atom stereocenters. The lowest BCUT2D eigenvalue weighted by Gasteiger charge is -2.05. The van der Waals surface area contributed by atoms with Crippen molar-refractivity contribution in [3.8, 4) is 0 Å². The molecule has 0 bridgehead atoms. The summed E-state index contributed by atoms with van der Waals surface area (Å²) < 4.78 is 0. The van der Waals surface area contributed by atoms with Crippen LogP contribution in [0.25, 0.3) is 0 Å². The van der Waals surface area contributed by atoms with Crippen LogP contribution >= 0.6 is 0 Å². The van der Waals surface area contributed by atoms with Gasteiger partial charge in [-0.2, -0.15) is 0 Å². The quantitative estimate of drug-likeness (QED) is 0.450. The Kier molecular flexibility index (Phi) is 4.28. The SMILES string of the molecule is Nc1ccc2c(c1)N=C(c1ccc(C3=Nc4cc(Nc5ncccn5)ccc4C3)cc1)C2. The first kappa shape index (κ1) is 18.4. The fourth-order valence-corrected chi connectivity index (χ4v) is 4.14. The van der Waals surface area contributed by atoms with E-state index >= 15 is 0 Å². The zero-order valence-electron chi connectivity index (χ0n) is 17.3. The van der Waals surface area contributed by atoms with Crippen molar-refractivity contribution < 1.29 is 0 Å². The van der Waals surface area contributed by atoms with E-state index in [0.29, 0.717) is 5.95 Å². The zero-order chi connectivity index (χ0) is 21.5. The molecule has 3 aromatic carbocycles. The van der Waals surface area contributed by atoms with Crippen LogP contribution in [0.3, 0.4) is 0 Å². The van der Waals surface area contributed by atoms with Crippen molar-refractivity contribution in [2.24, 2.45) is 9.98 Å². The number of nitrogens with zero attached hydrogens (tertiary/aromatic N) is 4. The van der Waals surface area contributed by atoms with Gasteiger partial charge in [0.25, 0.3) is 0 Å². The standard InChI is InChI=1S/C26H20N6/c27-20-8-6-18-12-22(31-24(18)14-20)16-2-4-17(5-3-16)23-13-19-7-9-21(15-25(19)32-23)30-26-28-10-1-11-29-26/h1-11,14-15H,12-13,27H2,(H,28,29,30). The van der Waals surface area contributed by atoms with Gasteiger partial charge in [0.05, 0.1) is 22.8 Å². The number of nitrogen functional groups attached to an aromatic ring is 1. The minimum atomic E-state index is 0.574.